The van der Waals surface area contributed by atoms with Gasteiger partial charge in [0.15, 0.2) is 0 Å². The molecule has 0 radical (unpaired) electrons. The summed E-state index contributed by atoms with van der Waals surface area (Å²) in [5.74, 6) is 0. The first-order valence-electron chi connectivity index (χ1n) is 6.88. The summed E-state index contributed by atoms with van der Waals surface area (Å²) in [6, 6.07) is 5.93. The van der Waals surface area contributed by atoms with Crippen LogP contribution in [0.4, 0.5) is 0 Å². The average molecular weight is 270 g/mol. The summed E-state index contributed by atoms with van der Waals surface area (Å²) in [4.78, 5) is 9.01. The van der Waals surface area contributed by atoms with Gasteiger partial charge in [-0.25, -0.2) is 4.98 Å². The fourth-order valence-electron chi connectivity index (χ4n) is 2.32. The lowest BCUT2D eigenvalue weighted by atomic mass is 9.78. The molecule has 0 atom stereocenters. The van der Waals surface area contributed by atoms with E-state index in [2.05, 4.69) is 9.97 Å². The molecule has 4 nitrogen and oxygen atoms in total. The molecule has 0 saturated carbocycles. The number of nitrogens with zero attached hydrogens (tertiary/aromatic N) is 2. The zero-order valence-corrected chi connectivity index (χ0v) is 12.6. The molecule has 1 aliphatic rings. The van der Waals surface area contributed by atoms with E-state index in [1.807, 2.05) is 52.8 Å². The molecule has 1 saturated heterocycles. The van der Waals surface area contributed by atoms with E-state index in [1.165, 1.54) is 0 Å². The van der Waals surface area contributed by atoms with E-state index in [0.717, 1.165) is 22.2 Å². The summed E-state index contributed by atoms with van der Waals surface area (Å²) in [5, 5.41) is 0. The van der Waals surface area contributed by atoms with E-state index in [0.29, 0.717) is 0 Å². The van der Waals surface area contributed by atoms with Gasteiger partial charge in [0.2, 0.25) is 0 Å². The van der Waals surface area contributed by atoms with Crippen molar-refractivity contribution in [2.75, 3.05) is 0 Å². The summed E-state index contributed by atoms with van der Waals surface area (Å²) >= 11 is 0. The maximum absolute atomic E-state index is 6.10. The van der Waals surface area contributed by atoms with Crippen LogP contribution in [-0.4, -0.2) is 28.3 Å². The Morgan fingerprint density at radius 3 is 2.35 bits per heavy atom. The van der Waals surface area contributed by atoms with Gasteiger partial charge in [-0.3, -0.25) is 4.98 Å². The lowest BCUT2D eigenvalue weighted by Crippen LogP contribution is -2.41. The predicted molar refractivity (Wildman–Crippen MR) is 80.0 cm³/mol. The van der Waals surface area contributed by atoms with Crippen LogP contribution in [0, 0.1) is 6.92 Å². The maximum atomic E-state index is 6.10. The SMILES string of the molecule is Cc1cnc2c(B3OC(C)(C)C(C)(C)O3)cccc2n1. The van der Waals surface area contributed by atoms with Crippen molar-refractivity contribution in [3.63, 3.8) is 0 Å². The Balaban J connectivity index is 2.08. The highest BCUT2D eigenvalue weighted by atomic mass is 16.7. The van der Waals surface area contributed by atoms with E-state index in [9.17, 15) is 0 Å². The monoisotopic (exact) mass is 270 g/mol. The Morgan fingerprint density at radius 1 is 1.05 bits per heavy atom. The first-order chi connectivity index (χ1) is 9.30. The summed E-state index contributed by atoms with van der Waals surface area (Å²) in [6.45, 7) is 10.1. The molecule has 104 valence electrons. The highest BCUT2D eigenvalue weighted by Gasteiger charge is 2.52. The van der Waals surface area contributed by atoms with Gasteiger partial charge in [0.25, 0.3) is 0 Å². The van der Waals surface area contributed by atoms with Crippen LogP contribution < -0.4 is 5.46 Å². The van der Waals surface area contributed by atoms with Crippen molar-refractivity contribution >= 4 is 23.6 Å². The van der Waals surface area contributed by atoms with Gasteiger partial charge in [-0.2, -0.15) is 0 Å². The topological polar surface area (TPSA) is 44.2 Å². The molecule has 2 aromatic rings. The highest BCUT2D eigenvalue weighted by molar-refractivity contribution is 6.64. The zero-order chi connectivity index (χ0) is 14.5. The van der Waals surface area contributed by atoms with E-state index in [-0.39, 0.29) is 11.2 Å². The molecule has 1 aromatic heterocycles. The number of hydrogen-bond acceptors (Lipinski definition) is 4. The lowest BCUT2D eigenvalue weighted by Gasteiger charge is -2.32. The van der Waals surface area contributed by atoms with Crippen LogP contribution >= 0.6 is 0 Å². The van der Waals surface area contributed by atoms with Gasteiger partial charge in [-0.15, -0.1) is 0 Å². The van der Waals surface area contributed by atoms with Gasteiger partial charge in [-0.1, -0.05) is 12.1 Å². The third kappa shape index (κ3) is 2.01. The molecule has 20 heavy (non-hydrogen) atoms. The maximum Gasteiger partial charge on any atom is 0.497 e. The van der Waals surface area contributed by atoms with Crippen LogP contribution in [-0.2, 0) is 9.31 Å². The first-order valence-corrected chi connectivity index (χ1v) is 6.88. The minimum atomic E-state index is -0.402. The molecule has 0 amide bonds. The molecule has 1 fully saturated rings. The summed E-state index contributed by atoms with van der Waals surface area (Å²) in [7, 11) is -0.402. The van der Waals surface area contributed by atoms with E-state index in [4.69, 9.17) is 9.31 Å². The fourth-order valence-corrected chi connectivity index (χ4v) is 2.32. The standard InChI is InChI=1S/C15H19BN2O2/c1-10-9-17-13-11(7-6-8-12(13)18-10)16-19-14(2,3)15(4,5)20-16/h6-9H,1-5H3. The van der Waals surface area contributed by atoms with Crippen molar-refractivity contribution in [3.8, 4) is 0 Å². The van der Waals surface area contributed by atoms with E-state index < -0.39 is 7.12 Å². The molecule has 0 spiro atoms. The van der Waals surface area contributed by atoms with Gasteiger partial charge in [0, 0.05) is 11.7 Å². The van der Waals surface area contributed by atoms with Crippen LogP contribution in [0.5, 0.6) is 0 Å². The Hall–Kier alpha value is -1.46. The smallest absolute Gasteiger partial charge is 0.399 e. The predicted octanol–water partition coefficient (Wildman–Crippen LogP) is 2.24. The second-order valence-electron chi connectivity index (χ2n) is 6.31. The van der Waals surface area contributed by atoms with Gasteiger partial charge in [-0.05, 0) is 40.7 Å². The van der Waals surface area contributed by atoms with Crippen molar-refractivity contribution in [2.45, 2.75) is 45.8 Å². The van der Waals surface area contributed by atoms with Crippen LogP contribution in [0.3, 0.4) is 0 Å². The van der Waals surface area contributed by atoms with Crippen molar-refractivity contribution in [2.24, 2.45) is 0 Å². The highest BCUT2D eigenvalue weighted by Crippen LogP contribution is 2.36. The number of benzene rings is 1. The molecule has 0 N–H and O–H groups in total. The summed E-state index contributed by atoms with van der Waals surface area (Å²) < 4.78 is 12.2. The Kier molecular flexibility index (Phi) is 2.89. The van der Waals surface area contributed by atoms with Crippen LogP contribution in [0.15, 0.2) is 24.4 Å². The number of hydrogen-bond donors (Lipinski definition) is 0. The van der Waals surface area contributed by atoms with Gasteiger partial charge in [0.05, 0.1) is 27.9 Å². The van der Waals surface area contributed by atoms with Crippen molar-refractivity contribution in [1.82, 2.24) is 9.97 Å². The second kappa shape index (κ2) is 4.27. The van der Waals surface area contributed by atoms with Crippen molar-refractivity contribution < 1.29 is 9.31 Å². The third-order valence-electron chi connectivity index (χ3n) is 4.23. The molecule has 1 aromatic carbocycles. The van der Waals surface area contributed by atoms with Crippen LogP contribution in [0.2, 0.25) is 0 Å². The minimum absolute atomic E-state index is 0.349. The minimum Gasteiger partial charge on any atom is -0.399 e. The number of aryl methyl sites for hydroxylation is 1. The molecule has 2 heterocycles. The third-order valence-corrected chi connectivity index (χ3v) is 4.23. The fraction of sp³-hybridized carbons (Fsp3) is 0.467. The number of fused-ring (bicyclic) bond motifs is 1. The number of para-hydroxylation sites is 1. The Morgan fingerprint density at radius 2 is 1.70 bits per heavy atom. The molecule has 0 bridgehead atoms. The molecule has 0 aliphatic carbocycles. The summed E-state index contributed by atoms with van der Waals surface area (Å²) in [5.41, 5.74) is 2.86. The van der Waals surface area contributed by atoms with Crippen molar-refractivity contribution in [1.29, 1.82) is 0 Å². The molecule has 5 heteroatoms. The average Bonchev–Trinajstić information content (AvgIpc) is 2.57. The summed E-state index contributed by atoms with van der Waals surface area (Å²) in [6.07, 6.45) is 1.77. The number of rotatable bonds is 1. The molecule has 0 unspecified atom stereocenters. The normalized spacial score (nSPS) is 20.6. The largest absolute Gasteiger partial charge is 0.497 e. The lowest BCUT2D eigenvalue weighted by molar-refractivity contribution is 0.00578. The van der Waals surface area contributed by atoms with Gasteiger partial charge >= 0.3 is 7.12 Å². The van der Waals surface area contributed by atoms with E-state index in [1.54, 1.807) is 6.20 Å². The molecule has 1 aliphatic heterocycles. The quantitative estimate of drug-likeness (QED) is 0.745. The molecular weight excluding hydrogens is 251 g/mol. The second-order valence-corrected chi connectivity index (χ2v) is 6.31. The molecular formula is C15H19BN2O2. The van der Waals surface area contributed by atoms with E-state index >= 15 is 0 Å². The van der Waals surface area contributed by atoms with Crippen LogP contribution in [0.25, 0.3) is 11.0 Å². The van der Waals surface area contributed by atoms with Gasteiger partial charge < -0.3 is 9.31 Å². The zero-order valence-electron chi connectivity index (χ0n) is 12.6. The van der Waals surface area contributed by atoms with Crippen molar-refractivity contribution in [3.05, 3.63) is 30.1 Å². The first kappa shape index (κ1) is 13.5. The number of aromatic nitrogens is 2. The van der Waals surface area contributed by atoms with Crippen LogP contribution in [0.1, 0.15) is 33.4 Å². The molecule has 3 rings (SSSR count). The van der Waals surface area contributed by atoms with Gasteiger partial charge in [0.1, 0.15) is 0 Å². The Bertz CT molecular complexity index is 654. The Labute approximate surface area is 119 Å².